The van der Waals surface area contributed by atoms with Crippen LogP contribution in [0.15, 0.2) is 54.1 Å². The van der Waals surface area contributed by atoms with Crippen molar-refractivity contribution in [3.05, 3.63) is 70.3 Å². The molecule has 1 fully saturated rings. The number of hydrogen-bond acceptors (Lipinski definition) is 6. The van der Waals surface area contributed by atoms with Crippen molar-refractivity contribution in [2.45, 2.75) is 12.3 Å². The van der Waals surface area contributed by atoms with Gasteiger partial charge in [0.05, 0.1) is 25.3 Å². The third-order valence-electron chi connectivity index (χ3n) is 4.97. The van der Waals surface area contributed by atoms with Crippen molar-refractivity contribution in [2.24, 2.45) is 0 Å². The number of aliphatic hydroxyl groups is 1. The van der Waals surface area contributed by atoms with Crippen molar-refractivity contribution < 1.29 is 28.9 Å². The maximum Gasteiger partial charge on any atom is 0.295 e. The summed E-state index contributed by atoms with van der Waals surface area (Å²) in [6.07, 6.45) is -0.755. The van der Waals surface area contributed by atoms with Crippen molar-refractivity contribution in [1.29, 1.82) is 0 Å². The number of ketones is 1. The molecule has 0 spiro atoms. The molecular weight excluding hydrogens is 410 g/mol. The standard InChI is InChI=1S/C22H22ClNO6/c1-28-14-10-8-13(9-11-14)20(25)18-19(15-6-4-5-7-16(15)23)24(22(27)21(18)26)12-17(29-2)30-3/h4-11,17,19,25H,12H2,1-3H3/t19-/m0/s1. The summed E-state index contributed by atoms with van der Waals surface area (Å²) in [5.41, 5.74) is 0.837. The first kappa shape index (κ1) is 21.8. The maximum absolute atomic E-state index is 12.9. The van der Waals surface area contributed by atoms with Crippen molar-refractivity contribution >= 4 is 29.1 Å². The fourth-order valence-corrected chi connectivity index (χ4v) is 3.64. The van der Waals surface area contributed by atoms with Gasteiger partial charge >= 0.3 is 0 Å². The first-order valence-electron chi connectivity index (χ1n) is 9.15. The van der Waals surface area contributed by atoms with Gasteiger partial charge in [-0.3, -0.25) is 9.59 Å². The zero-order valence-corrected chi connectivity index (χ0v) is 17.6. The number of methoxy groups -OCH3 is 3. The summed E-state index contributed by atoms with van der Waals surface area (Å²) in [7, 11) is 4.40. The lowest BCUT2D eigenvalue weighted by Gasteiger charge is -2.28. The minimum atomic E-state index is -0.895. The molecule has 0 unspecified atom stereocenters. The van der Waals surface area contributed by atoms with Gasteiger partial charge in [0.1, 0.15) is 11.5 Å². The molecule has 3 rings (SSSR count). The normalized spacial score (nSPS) is 18.3. The number of Topliss-reactive ketones (excluding diaryl/α,β-unsaturated/α-hetero) is 1. The summed E-state index contributed by atoms with van der Waals surface area (Å²) in [5, 5.41) is 11.4. The van der Waals surface area contributed by atoms with Gasteiger partial charge in [0.2, 0.25) is 0 Å². The van der Waals surface area contributed by atoms with E-state index in [1.54, 1.807) is 48.5 Å². The smallest absolute Gasteiger partial charge is 0.295 e. The molecule has 1 aliphatic rings. The van der Waals surface area contributed by atoms with Gasteiger partial charge in [0.15, 0.2) is 6.29 Å². The molecule has 2 aromatic carbocycles. The topological polar surface area (TPSA) is 85.3 Å². The zero-order valence-electron chi connectivity index (χ0n) is 16.8. The van der Waals surface area contributed by atoms with E-state index < -0.39 is 24.0 Å². The molecule has 7 nitrogen and oxygen atoms in total. The van der Waals surface area contributed by atoms with Crippen LogP contribution >= 0.6 is 11.6 Å². The average Bonchev–Trinajstić information content (AvgIpc) is 3.01. The van der Waals surface area contributed by atoms with Crippen LogP contribution in [0.2, 0.25) is 5.02 Å². The highest BCUT2D eigenvalue weighted by Gasteiger charge is 2.47. The van der Waals surface area contributed by atoms with E-state index in [4.69, 9.17) is 25.8 Å². The van der Waals surface area contributed by atoms with Crippen LogP contribution in [0.4, 0.5) is 0 Å². The molecule has 30 heavy (non-hydrogen) atoms. The Morgan fingerprint density at radius 1 is 1.07 bits per heavy atom. The molecular formula is C22H22ClNO6. The van der Waals surface area contributed by atoms with Crippen LogP contribution in [0.3, 0.4) is 0 Å². The second kappa shape index (κ2) is 9.30. The lowest BCUT2D eigenvalue weighted by Crippen LogP contribution is -2.38. The van der Waals surface area contributed by atoms with Gasteiger partial charge in [-0.2, -0.15) is 0 Å². The minimum Gasteiger partial charge on any atom is -0.507 e. The van der Waals surface area contributed by atoms with Crippen LogP contribution in [0, 0.1) is 0 Å². The van der Waals surface area contributed by atoms with E-state index in [2.05, 4.69) is 0 Å². The zero-order chi connectivity index (χ0) is 21.8. The Balaban J connectivity index is 2.16. The van der Waals surface area contributed by atoms with Crippen molar-refractivity contribution in [1.82, 2.24) is 4.90 Å². The highest BCUT2D eigenvalue weighted by molar-refractivity contribution is 6.47. The fourth-order valence-electron chi connectivity index (χ4n) is 3.40. The fraction of sp³-hybridized carbons (Fsp3) is 0.273. The molecule has 158 valence electrons. The average molecular weight is 432 g/mol. The Labute approximate surface area is 179 Å². The third kappa shape index (κ3) is 4.05. The number of hydrogen-bond donors (Lipinski definition) is 1. The number of halogens is 1. The Kier molecular flexibility index (Phi) is 6.77. The first-order valence-corrected chi connectivity index (χ1v) is 9.53. The number of rotatable bonds is 7. The maximum atomic E-state index is 12.9. The monoisotopic (exact) mass is 431 g/mol. The van der Waals surface area contributed by atoms with E-state index in [-0.39, 0.29) is 17.9 Å². The van der Waals surface area contributed by atoms with Crippen molar-refractivity contribution in [3.8, 4) is 5.75 Å². The predicted molar refractivity (Wildman–Crippen MR) is 111 cm³/mol. The lowest BCUT2D eigenvalue weighted by molar-refractivity contribution is -0.149. The number of aliphatic hydroxyl groups excluding tert-OH is 1. The van der Waals surface area contributed by atoms with E-state index in [1.165, 1.54) is 26.2 Å². The lowest BCUT2D eigenvalue weighted by atomic mass is 9.95. The number of carbonyl (C=O) groups excluding carboxylic acids is 2. The Morgan fingerprint density at radius 3 is 2.27 bits per heavy atom. The van der Waals surface area contributed by atoms with E-state index in [1.807, 2.05) is 0 Å². The van der Waals surface area contributed by atoms with E-state index in [0.717, 1.165) is 0 Å². The number of ether oxygens (including phenoxy) is 3. The van der Waals surface area contributed by atoms with E-state index in [0.29, 0.717) is 21.9 Å². The molecule has 0 saturated carbocycles. The van der Waals surface area contributed by atoms with E-state index >= 15 is 0 Å². The molecule has 0 aliphatic carbocycles. The molecule has 1 heterocycles. The molecule has 8 heteroatoms. The Morgan fingerprint density at radius 2 is 1.70 bits per heavy atom. The largest absolute Gasteiger partial charge is 0.507 e. The molecule has 0 bridgehead atoms. The molecule has 1 atom stereocenters. The summed E-state index contributed by atoms with van der Waals surface area (Å²) in [6, 6.07) is 12.5. The Bertz CT molecular complexity index is 968. The van der Waals surface area contributed by atoms with Gasteiger partial charge in [0, 0.05) is 24.8 Å². The number of amides is 1. The second-order valence-electron chi connectivity index (χ2n) is 6.60. The SMILES string of the molecule is COc1ccc(C(O)=C2C(=O)C(=O)N(CC(OC)OC)[C@H]2c2ccccc2Cl)cc1. The van der Waals surface area contributed by atoms with Crippen LogP contribution in [-0.4, -0.2) is 55.9 Å². The van der Waals surface area contributed by atoms with Gasteiger partial charge in [-0.1, -0.05) is 29.8 Å². The summed E-state index contributed by atoms with van der Waals surface area (Å²) < 4.78 is 15.6. The minimum absolute atomic E-state index is 0.0210. The summed E-state index contributed by atoms with van der Waals surface area (Å²) >= 11 is 6.39. The first-order chi connectivity index (χ1) is 14.4. The molecule has 1 N–H and O–H groups in total. The summed E-state index contributed by atoms with van der Waals surface area (Å²) in [6.45, 7) is -0.0210. The quantitative estimate of drug-likeness (QED) is 0.313. The second-order valence-corrected chi connectivity index (χ2v) is 7.01. The van der Waals surface area contributed by atoms with Crippen molar-refractivity contribution in [2.75, 3.05) is 27.9 Å². The van der Waals surface area contributed by atoms with Gasteiger partial charge in [0.25, 0.3) is 11.7 Å². The third-order valence-corrected chi connectivity index (χ3v) is 5.32. The summed E-state index contributed by atoms with van der Waals surface area (Å²) in [4.78, 5) is 27.1. The van der Waals surface area contributed by atoms with Gasteiger partial charge in [-0.15, -0.1) is 0 Å². The number of benzene rings is 2. The van der Waals surface area contributed by atoms with Gasteiger partial charge in [-0.25, -0.2) is 0 Å². The number of nitrogens with zero attached hydrogens (tertiary/aromatic N) is 1. The van der Waals surface area contributed by atoms with Crippen LogP contribution in [0.25, 0.3) is 5.76 Å². The van der Waals surface area contributed by atoms with E-state index in [9.17, 15) is 14.7 Å². The highest BCUT2D eigenvalue weighted by Crippen LogP contribution is 2.42. The van der Waals surface area contributed by atoms with Gasteiger partial charge in [-0.05, 0) is 35.9 Å². The highest BCUT2D eigenvalue weighted by atomic mass is 35.5. The number of carbonyl (C=O) groups is 2. The van der Waals surface area contributed by atoms with Crippen molar-refractivity contribution in [3.63, 3.8) is 0 Å². The molecule has 1 aliphatic heterocycles. The molecule has 1 amide bonds. The molecule has 0 aromatic heterocycles. The van der Waals surface area contributed by atoms with Crippen LogP contribution in [-0.2, 0) is 19.1 Å². The Hall–Kier alpha value is -2.87. The van der Waals surface area contributed by atoms with Gasteiger partial charge < -0.3 is 24.2 Å². The van der Waals surface area contributed by atoms with Crippen LogP contribution in [0.5, 0.6) is 5.75 Å². The summed E-state index contributed by atoms with van der Waals surface area (Å²) in [5.74, 6) is -1.28. The molecule has 1 saturated heterocycles. The molecule has 0 radical (unpaired) electrons. The van der Waals surface area contributed by atoms with Crippen LogP contribution in [0.1, 0.15) is 17.2 Å². The predicted octanol–water partition coefficient (Wildman–Crippen LogP) is 3.39. The van der Waals surface area contributed by atoms with Crippen LogP contribution < -0.4 is 4.74 Å². The molecule has 2 aromatic rings. The number of likely N-dealkylation sites (tertiary alicyclic amines) is 1.